The minimum Gasteiger partial charge on any atom is -0.505 e. The summed E-state index contributed by atoms with van der Waals surface area (Å²) in [5, 5.41) is 9.38. The summed E-state index contributed by atoms with van der Waals surface area (Å²) in [5.41, 5.74) is 0.857. The SMILES string of the molecule is Cc1ccc(C(C)(C)C)c(F)c1O. The first-order valence-corrected chi connectivity index (χ1v) is 4.32. The molecule has 0 saturated carbocycles. The largest absolute Gasteiger partial charge is 0.505 e. The summed E-state index contributed by atoms with van der Waals surface area (Å²) in [4.78, 5) is 0. The van der Waals surface area contributed by atoms with Crippen LogP contribution in [0, 0.1) is 12.7 Å². The monoisotopic (exact) mass is 182 g/mol. The number of phenols is 1. The summed E-state index contributed by atoms with van der Waals surface area (Å²) in [7, 11) is 0. The number of hydrogen-bond donors (Lipinski definition) is 1. The van der Waals surface area contributed by atoms with Crippen LogP contribution in [0.1, 0.15) is 31.9 Å². The molecule has 0 bridgehead atoms. The Labute approximate surface area is 78.2 Å². The summed E-state index contributed by atoms with van der Waals surface area (Å²) < 4.78 is 13.5. The summed E-state index contributed by atoms with van der Waals surface area (Å²) >= 11 is 0. The Balaban J connectivity index is 3.35. The Morgan fingerprint density at radius 2 is 1.77 bits per heavy atom. The zero-order valence-corrected chi connectivity index (χ0v) is 8.48. The van der Waals surface area contributed by atoms with Crippen molar-refractivity contribution in [2.24, 2.45) is 0 Å². The van der Waals surface area contributed by atoms with Crippen molar-refractivity contribution in [3.63, 3.8) is 0 Å². The van der Waals surface area contributed by atoms with Gasteiger partial charge < -0.3 is 5.11 Å². The van der Waals surface area contributed by atoms with Gasteiger partial charge in [-0.1, -0.05) is 32.9 Å². The van der Waals surface area contributed by atoms with Crippen molar-refractivity contribution in [3.05, 3.63) is 29.1 Å². The molecule has 0 amide bonds. The Kier molecular flexibility index (Phi) is 2.33. The Morgan fingerprint density at radius 1 is 1.23 bits per heavy atom. The van der Waals surface area contributed by atoms with Crippen molar-refractivity contribution in [1.82, 2.24) is 0 Å². The van der Waals surface area contributed by atoms with Crippen LogP contribution in [0.5, 0.6) is 5.75 Å². The molecule has 0 atom stereocenters. The van der Waals surface area contributed by atoms with E-state index < -0.39 is 5.82 Å². The van der Waals surface area contributed by atoms with Crippen LogP contribution in [-0.2, 0) is 5.41 Å². The van der Waals surface area contributed by atoms with Crippen LogP contribution in [0.25, 0.3) is 0 Å². The van der Waals surface area contributed by atoms with Gasteiger partial charge in [-0.3, -0.25) is 0 Å². The van der Waals surface area contributed by atoms with E-state index in [0.29, 0.717) is 11.1 Å². The van der Waals surface area contributed by atoms with E-state index in [-0.39, 0.29) is 11.2 Å². The number of hydrogen-bond acceptors (Lipinski definition) is 1. The molecule has 0 saturated heterocycles. The molecule has 2 heteroatoms. The van der Waals surface area contributed by atoms with E-state index in [1.807, 2.05) is 20.8 Å². The predicted octanol–water partition coefficient (Wildman–Crippen LogP) is 3.14. The normalized spacial score (nSPS) is 11.8. The van der Waals surface area contributed by atoms with Gasteiger partial charge in [0.15, 0.2) is 11.6 Å². The molecule has 1 rings (SSSR count). The Hall–Kier alpha value is -1.05. The highest BCUT2D eigenvalue weighted by Crippen LogP contribution is 2.31. The molecular weight excluding hydrogens is 167 g/mol. The molecule has 1 aromatic rings. The maximum Gasteiger partial charge on any atom is 0.168 e. The summed E-state index contributed by atoms with van der Waals surface area (Å²) in [6.07, 6.45) is 0. The molecule has 0 aromatic heterocycles. The van der Waals surface area contributed by atoms with E-state index in [9.17, 15) is 9.50 Å². The first-order chi connectivity index (χ1) is 5.84. The quantitative estimate of drug-likeness (QED) is 0.653. The van der Waals surface area contributed by atoms with Crippen LogP contribution in [0.15, 0.2) is 12.1 Å². The Morgan fingerprint density at radius 3 is 2.23 bits per heavy atom. The molecule has 0 heterocycles. The van der Waals surface area contributed by atoms with E-state index >= 15 is 0 Å². The maximum absolute atomic E-state index is 13.5. The zero-order valence-electron chi connectivity index (χ0n) is 8.48. The Bertz CT molecular complexity index is 324. The molecule has 0 spiro atoms. The molecule has 0 aliphatic carbocycles. The van der Waals surface area contributed by atoms with E-state index in [0.717, 1.165) is 0 Å². The van der Waals surface area contributed by atoms with E-state index in [2.05, 4.69) is 0 Å². The smallest absolute Gasteiger partial charge is 0.168 e. The number of aryl methyl sites for hydroxylation is 1. The fourth-order valence-electron chi connectivity index (χ4n) is 1.24. The van der Waals surface area contributed by atoms with Crippen LogP contribution in [0.4, 0.5) is 4.39 Å². The van der Waals surface area contributed by atoms with Crippen molar-refractivity contribution < 1.29 is 9.50 Å². The first kappa shape index (κ1) is 10.0. The second kappa shape index (κ2) is 3.02. The lowest BCUT2D eigenvalue weighted by molar-refractivity contribution is 0.413. The molecule has 13 heavy (non-hydrogen) atoms. The summed E-state index contributed by atoms with van der Waals surface area (Å²) in [5.74, 6) is -0.722. The van der Waals surface area contributed by atoms with Gasteiger partial charge in [-0.2, -0.15) is 0 Å². The van der Waals surface area contributed by atoms with Gasteiger partial charge in [0.2, 0.25) is 0 Å². The third kappa shape index (κ3) is 1.82. The van der Waals surface area contributed by atoms with Gasteiger partial charge in [0, 0.05) is 0 Å². The van der Waals surface area contributed by atoms with Gasteiger partial charge in [-0.25, -0.2) is 4.39 Å². The number of halogens is 1. The second-order valence-electron chi connectivity index (χ2n) is 4.34. The standard InChI is InChI=1S/C11H15FO/c1-7-5-6-8(11(2,3)4)9(12)10(7)13/h5-6,13H,1-4H3. The minimum atomic E-state index is -0.493. The average Bonchev–Trinajstić information content (AvgIpc) is 1.98. The lowest BCUT2D eigenvalue weighted by Crippen LogP contribution is -2.13. The van der Waals surface area contributed by atoms with Crippen LogP contribution in [-0.4, -0.2) is 5.11 Å². The van der Waals surface area contributed by atoms with E-state index in [1.54, 1.807) is 19.1 Å². The third-order valence-corrected chi connectivity index (χ3v) is 2.13. The fraction of sp³-hybridized carbons (Fsp3) is 0.455. The van der Waals surface area contributed by atoms with E-state index in [1.165, 1.54) is 0 Å². The first-order valence-electron chi connectivity index (χ1n) is 4.32. The number of rotatable bonds is 0. The van der Waals surface area contributed by atoms with Crippen molar-refractivity contribution >= 4 is 0 Å². The van der Waals surface area contributed by atoms with Gasteiger partial charge >= 0.3 is 0 Å². The van der Waals surface area contributed by atoms with Crippen LogP contribution in [0.3, 0.4) is 0 Å². The van der Waals surface area contributed by atoms with Crippen LogP contribution in [0.2, 0.25) is 0 Å². The highest BCUT2D eigenvalue weighted by atomic mass is 19.1. The second-order valence-corrected chi connectivity index (χ2v) is 4.34. The van der Waals surface area contributed by atoms with Gasteiger partial charge in [0.1, 0.15) is 0 Å². The highest BCUT2D eigenvalue weighted by molar-refractivity contribution is 5.40. The number of aromatic hydroxyl groups is 1. The average molecular weight is 182 g/mol. The summed E-state index contributed by atoms with van der Waals surface area (Å²) in [6.45, 7) is 7.44. The molecule has 1 nitrogen and oxygen atoms in total. The molecule has 0 aliphatic rings. The van der Waals surface area contributed by atoms with Gasteiger partial charge in [-0.15, -0.1) is 0 Å². The molecule has 0 radical (unpaired) electrons. The van der Waals surface area contributed by atoms with Gasteiger partial charge in [0.25, 0.3) is 0 Å². The van der Waals surface area contributed by atoms with Gasteiger partial charge in [-0.05, 0) is 23.5 Å². The summed E-state index contributed by atoms with van der Waals surface area (Å²) in [6, 6.07) is 3.46. The van der Waals surface area contributed by atoms with Crippen molar-refractivity contribution in [1.29, 1.82) is 0 Å². The zero-order chi connectivity index (χ0) is 10.2. The fourth-order valence-corrected chi connectivity index (χ4v) is 1.24. The van der Waals surface area contributed by atoms with E-state index in [4.69, 9.17) is 0 Å². The van der Waals surface area contributed by atoms with Crippen molar-refractivity contribution in [2.75, 3.05) is 0 Å². The van der Waals surface area contributed by atoms with Crippen LogP contribution < -0.4 is 0 Å². The maximum atomic E-state index is 13.5. The molecule has 0 fully saturated rings. The topological polar surface area (TPSA) is 20.2 Å². The lowest BCUT2D eigenvalue weighted by atomic mass is 9.86. The van der Waals surface area contributed by atoms with Gasteiger partial charge in [0.05, 0.1) is 0 Å². The predicted molar refractivity (Wildman–Crippen MR) is 51.5 cm³/mol. The third-order valence-electron chi connectivity index (χ3n) is 2.13. The minimum absolute atomic E-state index is 0.229. The molecule has 0 aliphatic heterocycles. The molecule has 0 unspecified atom stereocenters. The molecule has 1 aromatic carbocycles. The van der Waals surface area contributed by atoms with Crippen LogP contribution >= 0.6 is 0 Å². The molecule has 72 valence electrons. The lowest BCUT2D eigenvalue weighted by Gasteiger charge is -2.20. The molecule has 1 N–H and O–H groups in total. The number of phenolic OH excluding ortho intramolecular Hbond substituents is 1. The number of benzene rings is 1. The highest BCUT2D eigenvalue weighted by Gasteiger charge is 2.21. The van der Waals surface area contributed by atoms with Crippen molar-refractivity contribution in [3.8, 4) is 5.75 Å². The molecular formula is C11H15FO. The van der Waals surface area contributed by atoms with Crippen molar-refractivity contribution in [2.45, 2.75) is 33.1 Å².